The van der Waals surface area contributed by atoms with Crippen LogP contribution in [0.1, 0.15) is 6.92 Å². The predicted molar refractivity (Wildman–Crippen MR) is 73.3 cm³/mol. The van der Waals surface area contributed by atoms with Crippen molar-refractivity contribution >= 4 is 16.0 Å². The van der Waals surface area contributed by atoms with Crippen LogP contribution in [-0.4, -0.2) is 48.4 Å². The molecule has 0 unspecified atom stereocenters. The number of aromatic nitrogens is 2. The van der Waals surface area contributed by atoms with Gasteiger partial charge in [0.15, 0.2) is 4.90 Å². The molecule has 0 aromatic carbocycles. The van der Waals surface area contributed by atoms with E-state index in [1.165, 1.54) is 6.08 Å². The lowest BCUT2D eigenvalue weighted by atomic mass is 10.5. The summed E-state index contributed by atoms with van der Waals surface area (Å²) in [6, 6.07) is 0. The van der Waals surface area contributed by atoms with Gasteiger partial charge in [0, 0.05) is 12.7 Å². The molecule has 116 valence electrons. The molecule has 0 fully saturated rings. The average Bonchev–Trinajstić information content (AvgIpc) is 2.38. The fourth-order valence-corrected chi connectivity index (χ4v) is 2.82. The second kappa shape index (κ2) is 6.99. The molecule has 1 aromatic heterocycles. The molecule has 0 aliphatic rings. The fourth-order valence-electron chi connectivity index (χ4n) is 1.47. The van der Waals surface area contributed by atoms with Crippen molar-refractivity contribution in [3.8, 4) is 0 Å². The van der Waals surface area contributed by atoms with Crippen LogP contribution in [0.15, 0.2) is 33.3 Å². The quantitative estimate of drug-likeness (QED) is 0.480. The number of sulfonamides is 1. The van der Waals surface area contributed by atoms with Gasteiger partial charge in [0.2, 0.25) is 0 Å². The van der Waals surface area contributed by atoms with Crippen LogP contribution in [0.5, 0.6) is 0 Å². The molecule has 0 aliphatic carbocycles. The maximum Gasteiger partial charge on any atom is 0.325 e. The van der Waals surface area contributed by atoms with E-state index in [9.17, 15) is 22.8 Å². The number of esters is 1. The van der Waals surface area contributed by atoms with Gasteiger partial charge in [0.25, 0.3) is 15.6 Å². The standard InChI is InChI=1S/C11H15N3O6S/c1-3-5-14(7-9(15)20-4-2)21(18,19)8-6-12-11(17)13-10(8)16/h3,6H,1,4-5,7H2,2H3,(H2,12,13,16,17). The molecule has 0 spiro atoms. The number of rotatable bonds is 7. The Morgan fingerprint density at radius 1 is 1.48 bits per heavy atom. The van der Waals surface area contributed by atoms with E-state index >= 15 is 0 Å². The summed E-state index contributed by atoms with van der Waals surface area (Å²) in [6.07, 6.45) is 2.04. The number of nitrogens with zero attached hydrogens (tertiary/aromatic N) is 1. The molecule has 1 aromatic rings. The molecule has 0 saturated heterocycles. The van der Waals surface area contributed by atoms with Gasteiger partial charge >= 0.3 is 11.7 Å². The molecular weight excluding hydrogens is 302 g/mol. The summed E-state index contributed by atoms with van der Waals surface area (Å²) >= 11 is 0. The molecule has 21 heavy (non-hydrogen) atoms. The lowest BCUT2D eigenvalue weighted by molar-refractivity contribution is -0.143. The molecule has 1 heterocycles. The maximum atomic E-state index is 12.3. The zero-order valence-electron chi connectivity index (χ0n) is 11.3. The van der Waals surface area contributed by atoms with E-state index < -0.39 is 38.7 Å². The first kappa shape index (κ1) is 16.9. The third-order valence-corrected chi connectivity index (χ3v) is 4.16. The molecule has 0 amide bonds. The number of H-pyrrole nitrogens is 2. The van der Waals surface area contributed by atoms with E-state index in [1.54, 1.807) is 11.9 Å². The van der Waals surface area contributed by atoms with Crippen molar-refractivity contribution in [2.75, 3.05) is 19.7 Å². The first-order valence-electron chi connectivity index (χ1n) is 5.91. The van der Waals surface area contributed by atoms with Crippen molar-refractivity contribution in [2.24, 2.45) is 0 Å². The predicted octanol–water partition coefficient (Wildman–Crippen LogP) is -1.20. The van der Waals surface area contributed by atoms with Crippen LogP contribution in [0.4, 0.5) is 0 Å². The number of nitrogens with one attached hydrogen (secondary N) is 2. The lowest BCUT2D eigenvalue weighted by Crippen LogP contribution is -2.40. The van der Waals surface area contributed by atoms with E-state index in [0.29, 0.717) is 0 Å². The third-order valence-electron chi connectivity index (χ3n) is 2.35. The number of hydrogen-bond donors (Lipinski definition) is 2. The Morgan fingerprint density at radius 2 is 2.14 bits per heavy atom. The highest BCUT2D eigenvalue weighted by Crippen LogP contribution is 2.10. The minimum atomic E-state index is -4.28. The molecular formula is C11H15N3O6S. The van der Waals surface area contributed by atoms with Crippen molar-refractivity contribution in [3.05, 3.63) is 39.7 Å². The number of carbonyl (C=O) groups excluding carboxylic acids is 1. The van der Waals surface area contributed by atoms with Crippen molar-refractivity contribution in [3.63, 3.8) is 0 Å². The zero-order chi connectivity index (χ0) is 16.0. The highest BCUT2D eigenvalue weighted by Gasteiger charge is 2.29. The van der Waals surface area contributed by atoms with Crippen molar-refractivity contribution in [1.82, 2.24) is 14.3 Å². The summed E-state index contributed by atoms with van der Waals surface area (Å²) in [7, 11) is -4.28. The largest absolute Gasteiger partial charge is 0.465 e. The average molecular weight is 317 g/mol. The van der Waals surface area contributed by atoms with Crippen LogP contribution in [0.3, 0.4) is 0 Å². The van der Waals surface area contributed by atoms with E-state index in [0.717, 1.165) is 10.5 Å². The molecule has 0 atom stereocenters. The van der Waals surface area contributed by atoms with Crippen molar-refractivity contribution in [1.29, 1.82) is 0 Å². The molecule has 2 N–H and O–H groups in total. The second-order valence-electron chi connectivity index (χ2n) is 3.83. The molecule has 9 nitrogen and oxygen atoms in total. The van der Waals surface area contributed by atoms with Gasteiger partial charge in [-0.1, -0.05) is 6.08 Å². The molecule has 0 radical (unpaired) electrons. The van der Waals surface area contributed by atoms with E-state index in [2.05, 4.69) is 16.3 Å². The third kappa shape index (κ3) is 4.13. The minimum Gasteiger partial charge on any atom is -0.465 e. The van der Waals surface area contributed by atoms with E-state index in [-0.39, 0.29) is 13.2 Å². The summed E-state index contributed by atoms with van der Waals surface area (Å²) in [5.41, 5.74) is -1.91. The van der Waals surface area contributed by atoms with Gasteiger partial charge < -0.3 is 9.72 Å². The van der Waals surface area contributed by atoms with Gasteiger partial charge in [-0.2, -0.15) is 4.31 Å². The van der Waals surface area contributed by atoms with Crippen LogP contribution in [0, 0.1) is 0 Å². The first-order chi connectivity index (χ1) is 9.82. The molecule has 10 heteroatoms. The number of ether oxygens (including phenoxy) is 1. The Kier molecular flexibility index (Phi) is 5.61. The SMILES string of the molecule is C=CCN(CC(=O)OCC)S(=O)(=O)c1c[nH]c(=O)[nH]c1=O. The first-order valence-corrected chi connectivity index (χ1v) is 7.35. The zero-order valence-corrected chi connectivity index (χ0v) is 12.1. The van der Waals surface area contributed by atoms with Crippen LogP contribution in [-0.2, 0) is 19.6 Å². The number of aromatic amines is 2. The van der Waals surface area contributed by atoms with Gasteiger partial charge in [-0.25, -0.2) is 13.2 Å². The van der Waals surface area contributed by atoms with Gasteiger partial charge in [-0.15, -0.1) is 6.58 Å². The molecule has 0 saturated carbocycles. The summed E-state index contributed by atoms with van der Waals surface area (Å²) in [5, 5.41) is 0. The van der Waals surface area contributed by atoms with Crippen molar-refractivity contribution in [2.45, 2.75) is 11.8 Å². The molecule has 1 rings (SSSR count). The van der Waals surface area contributed by atoms with E-state index in [1.807, 2.05) is 0 Å². The smallest absolute Gasteiger partial charge is 0.325 e. The lowest BCUT2D eigenvalue weighted by Gasteiger charge is -2.18. The summed E-state index contributed by atoms with van der Waals surface area (Å²) in [4.78, 5) is 37.1. The van der Waals surface area contributed by atoms with Gasteiger partial charge in [-0.3, -0.25) is 14.6 Å². The van der Waals surface area contributed by atoms with Crippen LogP contribution < -0.4 is 11.2 Å². The van der Waals surface area contributed by atoms with Crippen LogP contribution >= 0.6 is 0 Å². The Bertz CT molecular complexity index is 733. The fraction of sp³-hybridized carbons (Fsp3) is 0.364. The van der Waals surface area contributed by atoms with Crippen LogP contribution in [0.2, 0.25) is 0 Å². The Hall–Kier alpha value is -2.20. The number of carbonyl (C=O) groups is 1. The molecule has 0 bridgehead atoms. The normalized spacial score (nSPS) is 11.3. The van der Waals surface area contributed by atoms with Gasteiger partial charge in [0.05, 0.1) is 6.61 Å². The topological polar surface area (TPSA) is 129 Å². The highest BCUT2D eigenvalue weighted by molar-refractivity contribution is 7.89. The minimum absolute atomic E-state index is 0.0973. The Morgan fingerprint density at radius 3 is 2.67 bits per heavy atom. The summed E-state index contributed by atoms with van der Waals surface area (Å²) in [5.74, 6) is -0.760. The summed E-state index contributed by atoms with van der Waals surface area (Å²) < 4.78 is 30.0. The van der Waals surface area contributed by atoms with E-state index in [4.69, 9.17) is 0 Å². The van der Waals surface area contributed by atoms with Crippen molar-refractivity contribution < 1.29 is 17.9 Å². The van der Waals surface area contributed by atoms with Gasteiger partial charge in [0.1, 0.15) is 6.54 Å². The Labute approximate surface area is 120 Å². The second-order valence-corrected chi connectivity index (χ2v) is 5.73. The highest BCUT2D eigenvalue weighted by atomic mass is 32.2. The maximum absolute atomic E-state index is 12.3. The Balaban J connectivity index is 3.21. The number of hydrogen-bond acceptors (Lipinski definition) is 6. The monoisotopic (exact) mass is 317 g/mol. The van der Waals surface area contributed by atoms with Crippen LogP contribution in [0.25, 0.3) is 0 Å². The van der Waals surface area contributed by atoms with Gasteiger partial charge in [-0.05, 0) is 6.92 Å². The molecule has 0 aliphatic heterocycles. The summed E-state index contributed by atoms with van der Waals surface area (Å²) in [6.45, 7) is 4.31.